The number of hydrogen-bond acceptors (Lipinski definition) is 4. The summed E-state index contributed by atoms with van der Waals surface area (Å²) in [6, 6.07) is 0. The monoisotopic (exact) mass is 284 g/mol. The van der Waals surface area contributed by atoms with E-state index in [4.69, 9.17) is 15.3 Å². The molecule has 0 aliphatic heterocycles. The molecule has 1 aromatic carbocycles. The van der Waals surface area contributed by atoms with Gasteiger partial charge < -0.3 is 20.4 Å². The van der Waals surface area contributed by atoms with Crippen LogP contribution in [0.3, 0.4) is 0 Å². The van der Waals surface area contributed by atoms with E-state index in [1.54, 1.807) is 0 Å². The van der Waals surface area contributed by atoms with Crippen molar-refractivity contribution in [2.45, 2.75) is 12.2 Å². The molecule has 0 radical (unpaired) electrons. The van der Waals surface area contributed by atoms with Gasteiger partial charge in [0.05, 0.1) is 12.2 Å². The highest BCUT2D eigenvalue weighted by atomic mass is 19.2. The lowest BCUT2D eigenvalue weighted by Gasteiger charge is -2.18. The maximum atomic E-state index is 13.4. The number of benzene rings is 1. The number of aromatic carboxylic acids is 1. The third kappa shape index (κ3) is 2.53. The summed E-state index contributed by atoms with van der Waals surface area (Å²) in [5.74, 6) is -11.0. The Morgan fingerprint density at radius 3 is 1.74 bits per heavy atom. The third-order valence-corrected chi connectivity index (χ3v) is 2.36. The molecule has 0 aliphatic rings. The first-order valence-electron chi connectivity index (χ1n) is 4.80. The van der Waals surface area contributed by atoms with Crippen LogP contribution in [0.1, 0.15) is 22.0 Å². The molecule has 0 spiro atoms. The van der Waals surface area contributed by atoms with Crippen molar-refractivity contribution in [1.29, 1.82) is 0 Å². The van der Waals surface area contributed by atoms with E-state index in [2.05, 4.69) is 0 Å². The maximum Gasteiger partial charge on any atom is 0.341 e. The van der Waals surface area contributed by atoms with E-state index in [9.17, 15) is 27.5 Å². The van der Waals surface area contributed by atoms with Gasteiger partial charge in [-0.15, -0.1) is 0 Å². The van der Waals surface area contributed by atoms with Crippen LogP contribution in [0.25, 0.3) is 0 Å². The number of carbonyl (C=O) groups is 1. The van der Waals surface area contributed by atoms with Crippen molar-refractivity contribution in [1.82, 2.24) is 0 Å². The number of halogens is 4. The van der Waals surface area contributed by atoms with Gasteiger partial charge in [-0.05, 0) is 0 Å². The first-order valence-corrected chi connectivity index (χ1v) is 4.80. The fourth-order valence-electron chi connectivity index (χ4n) is 1.39. The molecule has 0 heterocycles. The summed E-state index contributed by atoms with van der Waals surface area (Å²) >= 11 is 0. The van der Waals surface area contributed by atoms with E-state index >= 15 is 0 Å². The van der Waals surface area contributed by atoms with E-state index < -0.39 is 59.2 Å². The van der Waals surface area contributed by atoms with Crippen LogP contribution in [0, 0.1) is 23.3 Å². The van der Waals surface area contributed by atoms with Crippen molar-refractivity contribution in [3.8, 4) is 0 Å². The third-order valence-electron chi connectivity index (χ3n) is 2.36. The summed E-state index contributed by atoms with van der Waals surface area (Å²) in [6.45, 7) is -1.13. The van der Waals surface area contributed by atoms with Crippen molar-refractivity contribution in [3.63, 3.8) is 0 Å². The molecule has 4 N–H and O–H groups in total. The molecule has 106 valence electrons. The van der Waals surface area contributed by atoms with Crippen LogP contribution < -0.4 is 0 Å². The van der Waals surface area contributed by atoms with Gasteiger partial charge in [0, 0.05) is 0 Å². The van der Waals surface area contributed by atoms with Crippen LogP contribution in [0.15, 0.2) is 0 Å². The summed E-state index contributed by atoms with van der Waals surface area (Å²) in [7, 11) is 0. The normalized spacial score (nSPS) is 14.3. The Labute approximate surface area is 103 Å². The first kappa shape index (κ1) is 15.3. The number of hydrogen-bond donors (Lipinski definition) is 4. The minimum Gasteiger partial charge on any atom is -0.477 e. The number of carboxylic acids is 1. The summed E-state index contributed by atoms with van der Waals surface area (Å²) in [5.41, 5.74) is -3.45. The number of carboxylic acid groups (broad SMARTS) is 1. The lowest BCUT2D eigenvalue weighted by atomic mass is 10.00. The van der Waals surface area contributed by atoms with Crippen molar-refractivity contribution in [3.05, 3.63) is 34.4 Å². The highest BCUT2D eigenvalue weighted by Gasteiger charge is 2.34. The second-order valence-electron chi connectivity index (χ2n) is 3.54. The molecular weight excluding hydrogens is 276 g/mol. The van der Waals surface area contributed by atoms with Gasteiger partial charge in [0.2, 0.25) is 0 Å². The van der Waals surface area contributed by atoms with E-state index in [0.29, 0.717) is 0 Å². The molecule has 9 heteroatoms. The lowest BCUT2D eigenvalue weighted by molar-refractivity contribution is -0.0191. The molecule has 0 bridgehead atoms. The van der Waals surface area contributed by atoms with Crippen LogP contribution in [0.4, 0.5) is 17.6 Å². The highest BCUT2D eigenvalue weighted by molar-refractivity contribution is 5.88. The van der Waals surface area contributed by atoms with Crippen LogP contribution in [0.5, 0.6) is 0 Å². The Hall–Kier alpha value is -1.71. The maximum absolute atomic E-state index is 13.4. The molecule has 0 saturated carbocycles. The lowest BCUT2D eigenvalue weighted by Crippen LogP contribution is -2.26. The molecule has 1 aromatic rings. The van der Waals surface area contributed by atoms with Gasteiger partial charge in [-0.3, -0.25) is 0 Å². The van der Waals surface area contributed by atoms with Crippen molar-refractivity contribution >= 4 is 5.97 Å². The Balaban J connectivity index is 3.57. The Morgan fingerprint density at radius 1 is 1.00 bits per heavy atom. The molecule has 0 fully saturated rings. The van der Waals surface area contributed by atoms with Crippen molar-refractivity contribution in [2.24, 2.45) is 0 Å². The molecular formula is C10H8F4O5. The van der Waals surface area contributed by atoms with Gasteiger partial charge in [0.15, 0.2) is 23.3 Å². The summed E-state index contributed by atoms with van der Waals surface area (Å²) in [4.78, 5) is 10.5. The quantitative estimate of drug-likeness (QED) is 0.472. The molecule has 1 rings (SSSR count). The highest BCUT2D eigenvalue weighted by Crippen LogP contribution is 2.30. The minimum atomic E-state index is -2.46. The summed E-state index contributed by atoms with van der Waals surface area (Å²) in [6.07, 6.45) is -4.56. The van der Waals surface area contributed by atoms with E-state index in [1.165, 1.54) is 0 Å². The van der Waals surface area contributed by atoms with Gasteiger partial charge in [-0.25, -0.2) is 22.4 Å². The minimum absolute atomic E-state index is 1.13. The molecule has 19 heavy (non-hydrogen) atoms. The van der Waals surface area contributed by atoms with E-state index in [0.717, 1.165) is 0 Å². The van der Waals surface area contributed by atoms with Gasteiger partial charge in [-0.2, -0.15) is 0 Å². The van der Waals surface area contributed by atoms with E-state index in [1.807, 2.05) is 0 Å². The standard InChI is InChI=1S/C10H8F4O5/c11-5-3(9(17)2(16)1-15)6(12)8(14)4(7(5)13)10(18)19/h2,9,15-17H,1H2,(H,18,19). The molecule has 0 aromatic heterocycles. The van der Waals surface area contributed by atoms with Crippen LogP contribution in [-0.2, 0) is 0 Å². The Morgan fingerprint density at radius 2 is 1.42 bits per heavy atom. The number of aliphatic hydroxyl groups excluding tert-OH is 3. The Bertz CT molecular complexity index is 490. The number of aliphatic hydroxyl groups is 3. The molecule has 5 nitrogen and oxygen atoms in total. The van der Waals surface area contributed by atoms with Gasteiger partial charge in [0.1, 0.15) is 17.8 Å². The van der Waals surface area contributed by atoms with Crippen molar-refractivity contribution < 1.29 is 42.8 Å². The van der Waals surface area contributed by atoms with Crippen LogP contribution >= 0.6 is 0 Å². The van der Waals surface area contributed by atoms with Gasteiger partial charge in [0.25, 0.3) is 0 Å². The second kappa shape index (κ2) is 5.51. The SMILES string of the molecule is O=C(O)c1c(F)c(F)c(C(O)C(O)CO)c(F)c1F. The van der Waals surface area contributed by atoms with Crippen molar-refractivity contribution in [2.75, 3.05) is 6.61 Å². The molecule has 2 unspecified atom stereocenters. The number of rotatable bonds is 4. The molecule has 2 atom stereocenters. The predicted octanol–water partition coefficient (Wildman–Crippen LogP) is 0.328. The molecule has 0 aliphatic carbocycles. The van der Waals surface area contributed by atoms with Gasteiger partial charge in [-0.1, -0.05) is 0 Å². The topological polar surface area (TPSA) is 98.0 Å². The largest absolute Gasteiger partial charge is 0.477 e. The molecule has 0 amide bonds. The van der Waals surface area contributed by atoms with Gasteiger partial charge >= 0.3 is 5.97 Å². The smallest absolute Gasteiger partial charge is 0.341 e. The van der Waals surface area contributed by atoms with Crippen LogP contribution in [0.2, 0.25) is 0 Å². The second-order valence-corrected chi connectivity index (χ2v) is 3.54. The predicted molar refractivity (Wildman–Crippen MR) is 51.3 cm³/mol. The fraction of sp³-hybridized carbons (Fsp3) is 0.300. The average molecular weight is 284 g/mol. The zero-order valence-electron chi connectivity index (χ0n) is 9.07. The zero-order valence-corrected chi connectivity index (χ0v) is 9.07. The average Bonchev–Trinajstić information content (AvgIpc) is 2.35. The Kier molecular flexibility index (Phi) is 4.45. The van der Waals surface area contributed by atoms with Crippen LogP contribution in [-0.4, -0.2) is 39.1 Å². The first-order chi connectivity index (χ1) is 8.73. The summed E-state index contributed by atoms with van der Waals surface area (Å²) < 4.78 is 53.4. The molecule has 0 saturated heterocycles. The fourth-order valence-corrected chi connectivity index (χ4v) is 1.39. The zero-order chi connectivity index (χ0) is 14.9. The summed E-state index contributed by atoms with van der Waals surface area (Å²) in [5, 5.41) is 35.2. The van der Waals surface area contributed by atoms with E-state index in [-0.39, 0.29) is 0 Å².